The Morgan fingerprint density at radius 2 is 2.07 bits per heavy atom. The molecule has 1 aliphatic carbocycles. The molecular weight excluding hydrogens is 275 g/mol. The second kappa shape index (κ2) is 4.75. The van der Waals surface area contributed by atoms with Crippen LogP contribution in [0.5, 0.6) is 5.75 Å². The van der Waals surface area contributed by atoms with E-state index in [0.29, 0.717) is 10.4 Å². The van der Waals surface area contributed by atoms with Crippen molar-refractivity contribution in [1.29, 1.82) is 0 Å². The summed E-state index contributed by atoms with van der Waals surface area (Å²) in [5.41, 5.74) is 0.346. The molecule has 1 fully saturated rings. The molecule has 2 rings (SSSR count). The largest absolute Gasteiger partial charge is 0.491 e. The monoisotopic (exact) mass is 288 g/mol. The lowest BCUT2D eigenvalue weighted by molar-refractivity contribution is 0.0839. The summed E-state index contributed by atoms with van der Waals surface area (Å²) in [5, 5.41) is 1.71. The topological polar surface area (TPSA) is 9.23 Å². The van der Waals surface area contributed by atoms with Crippen LogP contribution in [0.2, 0.25) is 5.02 Å². The Morgan fingerprint density at radius 1 is 1.33 bits per heavy atom. The van der Waals surface area contributed by atoms with Crippen LogP contribution in [0.15, 0.2) is 24.3 Å². The minimum absolute atomic E-state index is 0.346. The summed E-state index contributed by atoms with van der Waals surface area (Å²) in [5.74, 6) is 0.798. The van der Waals surface area contributed by atoms with Crippen LogP contribution in [0.25, 0.3) is 0 Å². The lowest BCUT2D eigenvalue weighted by Gasteiger charge is -2.40. The molecule has 1 nitrogen and oxygen atoms in total. The Bertz CT molecular complexity index is 331. The third-order valence-corrected chi connectivity index (χ3v) is 4.57. The van der Waals surface area contributed by atoms with Crippen molar-refractivity contribution in [3.8, 4) is 5.75 Å². The number of hydrogen-bond acceptors (Lipinski definition) is 1. The zero-order valence-corrected chi connectivity index (χ0v) is 10.9. The molecule has 0 amide bonds. The summed E-state index contributed by atoms with van der Waals surface area (Å²) in [6, 6.07) is 7.64. The second-order valence-corrected chi connectivity index (χ2v) is 5.17. The quantitative estimate of drug-likeness (QED) is 0.752. The van der Waals surface area contributed by atoms with Crippen molar-refractivity contribution < 1.29 is 4.74 Å². The highest BCUT2D eigenvalue weighted by molar-refractivity contribution is 9.09. The summed E-state index contributed by atoms with van der Waals surface area (Å²) in [4.78, 5) is 0. The van der Waals surface area contributed by atoms with Crippen molar-refractivity contribution in [3.63, 3.8) is 0 Å². The maximum Gasteiger partial charge on any atom is 0.137 e. The zero-order chi connectivity index (χ0) is 10.7. The Labute approximate surface area is 104 Å². The van der Waals surface area contributed by atoms with Crippen LogP contribution in [-0.2, 0) is 0 Å². The SMILES string of the molecule is Clc1ccccc1OCC1(CBr)CCC1. The van der Waals surface area contributed by atoms with Crippen LogP contribution in [0.3, 0.4) is 0 Å². The summed E-state index contributed by atoms with van der Waals surface area (Å²) in [7, 11) is 0. The Balaban J connectivity index is 1.95. The van der Waals surface area contributed by atoms with Crippen LogP contribution in [0.4, 0.5) is 0 Å². The molecule has 0 spiro atoms. The molecule has 0 aromatic heterocycles. The summed E-state index contributed by atoms with van der Waals surface area (Å²) >= 11 is 9.58. The van der Waals surface area contributed by atoms with Gasteiger partial charge in [0.15, 0.2) is 0 Å². The van der Waals surface area contributed by atoms with Crippen LogP contribution >= 0.6 is 27.5 Å². The van der Waals surface area contributed by atoms with Crippen molar-refractivity contribution in [3.05, 3.63) is 29.3 Å². The van der Waals surface area contributed by atoms with Gasteiger partial charge in [0.1, 0.15) is 5.75 Å². The van der Waals surface area contributed by atoms with Crippen LogP contribution in [0.1, 0.15) is 19.3 Å². The van der Waals surface area contributed by atoms with Gasteiger partial charge in [-0.05, 0) is 25.0 Å². The molecule has 82 valence electrons. The summed E-state index contributed by atoms with van der Waals surface area (Å²) in [6.45, 7) is 0.766. The molecule has 1 aromatic rings. The molecule has 0 N–H and O–H groups in total. The van der Waals surface area contributed by atoms with Gasteiger partial charge < -0.3 is 4.74 Å². The van der Waals surface area contributed by atoms with Crippen molar-refractivity contribution in [2.75, 3.05) is 11.9 Å². The fourth-order valence-electron chi connectivity index (χ4n) is 1.79. The van der Waals surface area contributed by atoms with E-state index in [2.05, 4.69) is 15.9 Å². The number of alkyl halides is 1. The van der Waals surface area contributed by atoms with Gasteiger partial charge in [-0.3, -0.25) is 0 Å². The van der Waals surface area contributed by atoms with E-state index in [9.17, 15) is 0 Å². The average molecular weight is 290 g/mol. The molecule has 0 bridgehead atoms. The Kier molecular flexibility index (Phi) is 3.57. The van der Waals surface area contributed by atoms with E-state index >= 15 is 0 Å². The predicted octanol–water partition coefficient (Wildman–Crippen LogP) is 4.28. The fourth-order valence-corrected chi connectivity index (χ4v) is 2.70. The minimum atomic E-state index is 0.346. The number of ether oxygens (including phenoxy) is 1. The average Bonchev–Trinajstić information content (AvgIpc) is 2.19. The van der Waals surface area contributed by atoms with Gasteiger partial charge in [-0.25, -0.2) is 0 Å². The standard InChI is InChI=1S/C12H14BrClO/c13-8-12(6-3-7-12)9-15-11-5-2-1-4-10(11)14/h1-2,4-5H,3,6-9H2. The molecule has 3 heteroatoms. The van der Waals surface area contributed by atoms with Crippen LogP contribution in [-0.4, -0.2) is 11.9 Å². The van der Waals surface area contributed by atoms with E-state index in [-0.39, 0.29) is 0 Å². The lowest BCUT2D eigenvalue weighted by Crippen LogP contribution is -2.37. The van der Waals surface area contributed by atoms with Crippen molar-refractivity contribution >= 4 is 27.5 Å². The zero-order valence-electron chi connectivity index (χ0n) is 8.51. The van der Waals surface area contributed by atoms with Crippen molar-refractivity contribution in [2.24, 2.45) is 5.41 Å². The van der Waals surface area contributed by atoms with E-state index in [1.165, 1.54) is 19.3 Å². The van der Waals surface area contributed by atoms with E-state index in [1.807, 2.05) is 24.3 Å². The number of benzene rings is 1. The molecule has 0 aliphatic heterocycles. The molecule has 1 aliphatic rings. The molecular formula is C12H14BrClO. The fraction of sp³-hybridized carbons (Fsp3) is 0.500. The lowest BCUT2D eigenvalue weighted by atomic mass is 9.71. The molecule has 0 atom stereocenters. The maximum absolute atomic E-state index is 6.02. The normalized spacial score (nSPS) is 18.3. The molecule has 1 saturated carbocycles. The van der Waals surface area contributed by atoms with E-state index in [0.717, 1.165) is 17.7 Å². The first-order valence-electron chi connectivity index (χ1n) is 5.19. The molecule has 0 saturated heterocycles. The summed E-state index contributed by atoms with van der Waals surface area (Å²) in [6.07, 6.45) is 3.82. The third kappa shape index (κ3) is 2.48. The van der Waals surface area contributed by atoms with Gasteiger partial charge in [-0.1, -0.05) is 46.1 Å². The highest BCUT2D eigenvalue weighted by Crippen LogP contribution is 2.43. The number of para-hydroxylation sites is 1. The van der Waals surface area contributed by atoms with Gasteiger partial charge in [0.2, 0.25) is 0 Å². The van der Waals surface area contributed by atoms with Gasteiger partial charge in [0, 0.05) is 10.7 Å². The van der Waals surface area contributed by atoms with Gasteiger partial charge in [0.25, 0.3) is 0 Å². The molecule has 0 heterocycles. The number of rotatable bonds is 4. The van der Waals surface area contributed by atoms with Gasteiger partial charge in [0.05, 0.1) is 11.6 Å². The van der Waals surface area contributed by atoms with Crippen molar-refractivity contribution in [2.45, 2.75) is 19.3 Å². The summed E-state index contributed by atoms with van der Waals surface area (Å²) < 4.78 is 5.77. The van der Waals surface area contributed by atoms with Gasteiger partial charge >= 0.3 is 0 Å². The highest BCUT2D eigenvalue weighted by atomic mass is 79.9. The Morgan fingerprint density at radius 3 is 2.60 bits per heavy atom. The Hall–Kier alpha value is -0.210. The third-order valence-electron chi connectivity index (χ3n) is 3.07. The first-order valence-corrected chi connectivity index (χ1v) is 6.69. The first-order chi connectivity index (χ1) is 7.26. The molecule has 0 radical (unpaired) electrons. The smallest absolute Gasteiger partial charge is 0.137 e. The number of hydrogen-bond donors (Lipinski definition) is 0. The molecule has 0 unspecified atom stereocenters. The van der Waals surface area contributed by atoms with Crippen LogP contribution < -0.4 is 4.74 Å². The van der Waals surface area contributed by atoms with Gasteiger partial charge in [-0.15, -0.1) is 0 Å². The first kappa shape index (κ1) is 11.3. The number of halogens is 2. The van der Waals surface area contributed by atoms with E-state index in [1.54, 1.807) is 0 Å². The van der Waals surface area contributed by atoms with Gasteiger partial charge in [-0.2, -0.15) is 0 Å². The van der Waals surface area contributed by atoms with Crippen molar-refractivity contribution in [1.82, 2.24) is 0 Å². The second-order valence-electron chi connectivity index (χ2n) is 4.21. The predicted molar refractivity (Wildman–Crippen MR) is 67.0 cm³/mol. The minimum Gasteiger partial charge on any atom is -0.491 e. The molecule has 1 aromatic carbocycles. The van der Waals surface area contributed by atoms with Crippen LogP contribution in [0, 0.1) is 5.41 Å². The maximum atomic E-state index is 6.02. The van der Waals surface area contributed by atoms with E-state index in [4.69, 9.17) is 16.3 Å². The van der Waals surface area contributed by atoms with E-state index < -0.39 is 0 Å². The molecule has 15 heavy (non-hydrogen) atoms. The highest BCUT2D eigenvalue weighted by Gasteiger charge is 2.36.